The molecule has 1 aromatic heterocycles. The fraction of sp³-hybridized carbons (Fsp3) is 0.560. The van der Waals surface area contributed by atoms with E-state index in [1.807, 2.05) is 30.0 Å². The number of nitrogens with zero attached hydrogens (tertiary/aromatic N) is 5. The number of piperazine rings is 1. The molecule has 168 valence electrons. The Labute approximate surface area is 187 Å². The first-order chi connectivity index (χ1) is 14.8. The third-order valence-electron chi connectivity index (χ3n) is 5.99. The number of hydrogen-bond donors (Lipinski definition) is 0. The van der Waals surface area contributed by atoms with Crippen molar-refractivity contribution in [1.82, 2.24) is 19.8 Å². The van der Waals surface area contributed by atoms with Gasteiger partial charge in [0.15, 0.2) is 0 Å². The molecule has 1 aliphatic heterocycles. The number of aromatic nitrogens is 2. The van der Waals surface area contributed by atoms with Gasteiger partial charge in [0.25, 0.3) is 5.91 Å². The van der Waals surface area contributed by atoms with Crippen molar-refractivity contribution in [2.45, 2.75) is 60.0 Å². The molecule has 31 heavy (non-hydrogen) atoms. The monoisotopic (exact) mass is 423 g/mol. The summed E-state index contributed by atoms with van der Waals surface area (Å²) >= 11 is 0. The average molecular weight is 424 g/mol. The summed E-state index contributed by atoms with van der Waals surface area (Å²) in [7, 11) is 0. The molecule has 0 N–H and O–H groups in total. The Morgan fingerprint density at radius 1 is 1.03 bits per heavy atom. The Hall–Kier alpha value is -2.47. The van der Waals surface area contributed by atoms with Crippen LogP contribution in [0.2, 0.25) is 0 Å². The van der Waals surface area contributed by atoms with Crippen LogP contribution in [0.4, 0.5) is 5.82 Å². The van der Waals surface area contributed by atoms with Gasteiger partial charge in [0.2, 0.25) is 0 Å². The van der Waals surface area contributed by atoms with Crippen molar-refractivity contribution in [3.05, 3.63) is 53.0 Å². The lowest BCUT2D eigenvalue weighted by molar-refractivity contribution is 0.0746. The van der Waals surface area contributed by atoms with E-state index < -0.39 is 0 Å². The van der Waals surface area contributed by atoms with E-state index in [4.69, 9.17) is 4.98 Å². The first-order valence-electron chi connectivity index (χ1n) is 11.5. The quantitative estimate of drug-likeness (QED) is 0.671. The summed E-state index contributed by atoms with van der Waals surface area (Å²) in [6, 6.07) is 10.7. The third kappa shape index (κ3) is 5.82. The van der Waals surface area contributed by atoms with Gasteiger partial charge >= 0.3 is 0 Å². The van der Waals surface area contributed by atoms with Crippen molar-refractivity contribution >= 4 is 11.7 Å². The van der Waals surface area contributed by atoms with Crippen molar-refractivity contribution in [3.8, 4) is 0 Å². The van der Waals surface area contributed by atoms with E-state index in [2.05, 4.69) is 61.5 Å². The number of carbonyl (C=O) groups is 1. The number of amides is 1. The standard InChI is InChI=1S/C25H37N5O/c1-7-28(19(4)5)17-21-8-10-22(11-9-21)25(31)30-14-12-29(13-15-30)23-16-20(6)26-24(27-23)18(2)3/h8-11,16,18-19H,7,12-15,17H2,1-6H3. The maximum atomic E-state index is 13.0. The first kappa shape index (κ1) is 23.2. The van der Waals surface area contributed by atoms with E-state index in [1.54, 1.807) is 0 Å². The van der Waals surface area contributed by atoms with Crippen LogP contribution in [0.3, 0.4) is 0 Å². The second-order valence-corrected chi connectivity index (χ2v) is 9.01. The van der Waals surface area contributed by atoms with Crippen LogP contribution in [0, 0.1) is 6.92 Å². The Morgan fingerprint density at radius 2 is 1.68 bits per heavy atom. The smallest absolute Gasteiger partial charge is 0.253 e. The molecule has 0 unspecified atom stereocenters. The maximum Gasteiger partial charge on any atom is 0.253 e. The van der Waals surface area contributed by atoms with Gasteiger partial charge < -0.3 is 9.80 Å². The molecule has 6 nitrogen and oxygen atoms in total. The minimum atomic E-state index is 0.115. The van der Waals surface area contributed by atoms with E-state index in [0.29, 0.717) is 25.0 Å². The van der Waals surface area contributed by atoms with Gasteiger partial charge in [-0.1, -0.05) is 32.9 Å². The van der Waals surface area contributed by atoms with Gasteiger partial charge in [-0.2, -0.15) is 0 Å². The van der Waals surface area contributed by atoms with Crippen molar-refractivity contribution in [1.29, 1.82) is 0 Å². The fourth-order valence-corrected chi connectivity index (χ4v) is 3.96. The SMILES string of the molecule is CCN(Cc1ccc(C(=O)N2CCN(c3cc(C)nc(C(C)C)n3)CC2)cc1)C(C)C. The molecule has 0 aliphatic carbocycles. The van der Waals surface area contributed by atoms with E-state index >= 15 is 0 Å². The molecule has 1 amide bonds. The molecule has 1 aliphatic rings. The highest BCUT2D eigenvalue weighted by molar-refractivity contribution is 5.94. The highest BCUT2D eigenvalue weighted by atomic mass is 16.2. The number of carbonyl (C=O) groups excluding carboxylic acids is 1. The zero-order chi connectivity index (χ0) is 22.5. The van der Waals surface area contributed by atoms with E-state index in [0.717, 1.165) is 49.1 Å². The second-order valence-electron chi connectivity index (χ2n) is 9.01. The van der Waals surface area contributed by atoms with Crippen molar-refractivity contribution < 1.29 is 4.79 Å². The molecular formula is C25H37N5O. The molecule has 0 bridgehead atoms. The average Bonchev–Trinajstić information content (AvgIpc) is 2.76. The molecule has 0 saturated carbocycles. The maximum absolute atomic E-state index is 13.0. The van der Waals surface area contributed by atoms with Crippen LogP contribution in [0.1, 0.15) is 68.0 Å². The fourth-order valence-electron chi connectivity index (χ4n) is 3.96. The van der Waals surface area contributed by atoms with Crippen molar-refractivity contribution in [2.24, 2.45) is 0 Å². The van der Waals surface area contributed by atoms with Crippen LogP contribution in [0.25, 0.3) is 0 Å². The van der Waals surface area contributed by atoms with Crippen LogP contribution >= 0.6 is 0 Å². The molecule has 1 fully saturated rings. The van der Waals surface area contributed by atoms with Gasteiger partial charge in [-0.15, -0.1) is 0 Å². The lowest BCUT2D eigenvalue weighted by Crippen LogP contribution is -2.49. The number of hydrogen-bond acceptors (Lipinski definition) is 5. The van der Waals surface area contributed by atoms with Gasteiger partial charge in [0.1, 0.15) is 11.6 Å². The molecule has 0 spiro atoms. The minimum absolute atomic E-state index is 0.115. The van der Waals surface area contributed by atoms with Gasteiger partial charge in [-0.3, -0.25) is 9.69 Å². The summed E-state index contributed by atoms with van der Waals surface area (Å²) in [4.78, 5) is 28.9. The van der Waals surface area contributed by atoms with Crippen molar-refractivity contribution in [3.63, 3.8) is 0 Å². The molecule has 2 heterocycles. The molecule has 0 radical (unpaired) electrons. The van der Waals surface area contributed by atoms with Crippen molar-refractivity contribution in [2.75, 3.05) is 37.6 Å². The first-order valence-corrected chi connectivity index (χ1v) is 11.5. The molecule has 6 heteroatoms. The summed E-state index contributed by atoms with van der Waals surface area (Å²) in [5, 5.41) is 0. The highest BCUT2D eigenvalue weighted by Gasteiger charge is 2.23. The van der Waals surface area contributed by atoms with E-state index in [-0.39, 0.29) is 5.91 Å². The highest BCUT2D eigenvalue weighted by Crippen LogP contribution is 2.20. The predicted molar refractivity (Wildman–Crippen MR) is 127 cm³/mol. The second kappa shape index (κ2) is 10.2. The van der Waals surface area contributed by atoms with Gasteiger partial charge in [-0.25, -0.2) is 9.97 Å². The Bertz CT molecular complexity index is 870. The van der Waals surface area contributed by atoms with Gasteiger partial charge in [0.05, 0.1) is 0 Å². The zero-order valence-electron chi connectivity index (χ0n) is 19.9. The summed E-state index contributed by atoms with van der Waals surface area (Å²) in [6.45, 7) is 17.8. The zero-order valence-corrected chi connectivity index (χ0v) is 19.9. The molecule has 3 rings (SSSR count). The number of benzene rings is 1. The number of rotatable bonds is 7. The van der Waals surface area contributed by atoms with Crippen LogP contribution in [0.5, 0.6) is 0 Å². The molecular weight excluding hydrogens is 386 g/mol. The Kier molecular flexibility index (Phi) is 7.65. The van der Waals surface area contributed by atoms with Crippen LogP contribution < -0.4 is 4.90 Å². The molecule has 0 atom stereocenters. The molecule has 1 saturated heterocycles. The Balaban J connectivity index is 1.60. The van der Waals surface area contributed by atoms with Crippen LogP contribution in [0.15, 0.2) is 30.3 Å². The normalized spacial score (nSPS) is 14.7. The summed E-state index contributed by atoms with van der Waals surface area (Å²) in [5.41, 5.74) is 3.01. The molecule has 2 aromatic rings. The van der Waals surface area contributed by atoms with Gasteiger partial charge in [-0.05, 0) is 45.0 Å². The predicted octanol–water partition coefficient (Wildman–Crippen LogP) is 4.10. The summed E-state index contributed by atoms with van der Waals surface area (Å²) in [5.74, 6) is 2.27. The van der Waals surface area contributed by atoms with Gasteiger partial charge in [0, 0.05) is 62.0 Å². The lowest BCUT2D eigenvalue weighted by Gasteiger charge is -2.35. The van der Waals surface area contributed by atoms with Crippen LogP contribution in [-0.2, 0) is 6.54 Å². The number of anilines is 1. The summed E-state index contributed by atoms with van der Waals surface area (Å²) in [6.07, 6.45) is 0. The number of aryl methyl sites for hydroxylation is 1. The van der Waals surface area contributed by atoms with Crippen LogP contribution in [-0.4, -0.2) is 64.4 Å². The summed E-state index contributed by atoms with van der Waals surface area (Å²) < 4.78 is 0. The third-order valence-corrected chi connectivity index (χ3v) is 5.99. The largest absolute Gasteiger partial charge is 0.353 e. The molecule has 1 aromatic carbocycles. The lowest BCUT2D eigenvalue weighted by atomic mass is 10.1. The van der Waals surface area contributed by atoms with E-state index in [1.165, 1.54) is 5.56 Å². The van der Waals surface area contributed by atoms with E-state index in [9.17, 15) is 4.79 Å². The minimum Gasteiger partial charge on any atom is -0.353 e. The Morgan fingerprint density at radius 3 is 2.23 bits per heavy atom. The topological polar surface area (TPSA) is 52.6 Å².